The molecule has 4 fully saturated rings. The summed E-state index contributed by atoms with van der Waals surface area (Å²) in [4.78, 5) is 0. The van der Waals surface area contributed by atoms with Crippen LogP contribution in [-0.2, 0) is 0 Å². The van der Waals surface area contributed by atoms with Gasteiger partial charge in [0.2, 0.25) is 0 Å². The van der Waals surface area contributed by atoms with E-state index >= 15 is 0 Å². The van der Waals surface area contributed by atoms with Gasteiger partial charge in [0.15, 0.2) is 0 Å². The van der Waals surface area contributed by atoms with Crippen LogP contribution in [0.15, 0.2) is 12.2 Å². The minimum atomic E-state index is 1.01. The summed E-state index contributed by atoms with van der Waals surface area (Å²) < 4.78 is 0. The number of hydrogen-bond acceptors (Lipinski definition) is 1. The molecule has 0 spiro atoms. The van der Waals surface area contributed by atoms with Crippen LogP contribution in [-0.4, -0.2) is 13.1 Å². The highest BCUT2D eigenvalue weighted by Crippen LogP contribution is 2.56. The van der Waals surface area contributed by atoms with E-state index in [2.05, 4.69) is 24.4 Å². The molecule has 0 aromatic carbocycles. The van der Waals surface area contributed by atoms with Gasteiger partial charge in [0, 0.05) is 6.54 Å². The molecular formula is C15H25N. The van der Waals surface area contributed by atoms with Crippen molar-refractivity contribution in [3.05, 3.63) is 12.2 Å². The molecule has 0 aromatic rings. The van der Waals surface area contributed by atoms with Crippen molar-refractivity contribution in [3.63, 3.8) is 0 Å². The Hall–Kier alpha value is -0.300. The minimum Gasteiger partial charge on any atom is -0.313 e. The van der Waals surface area contributed by atoms with Gasteiger partial charge in [-0.1, -0.05) is 12.2 Å². The molecule has 0 amide bonds. The molecule has 0 radical (unpaired) electrons. The van der Waals surface area contributed by atoms with E-state index in [0.29, 0.717) is 0 Å². The first kappa shape index (κ1) is 10.8. The summed E-state index contributed by atoms with van der Waals surface area (Å²) in [6.45, 7) is 4.45. The zero-order valence-electron chi connectivity index (χ0n) is 10.5. The standard InChI is InChI=1S/C15H25N/c1-2-3-4-16-10-15-13-6-11-5-12(8-13)9-14(15)7-11/h2-3,11-16H,4-10H2,1H3/b3-2+. The van der Waals surface area contributed by atoms with Gasteiger partial charge in [0.05, 0.1) is 0 Å². The largest absolute Gasteiger partial charge is 0.313 e. The lowest BCUT2D eigenvalue weighted by atomic mass is 9.52. The first-order chi connectivity index (χ1) is 7.86. The van der Waals surface area contributed by atoms with Gasteiger partial charge in [-0.05, 0) is 75.2 Å². The van der Waals surface area contributed by atoms with E-state index in [9.17, 15) is 0 Å². The summed E-state index contributed by atoms with van der Waals surface area (Å²) in [7, 11) is 0. The second-order valence-corrected chi connectivity index (χ2v) is 6.32. The Morgan fingerprint density at radius 3 is 2.19 bits per heavy atom. The lowest BCUT2D eigenvalue weighted by Gasteiger charge is -2.54. The summed E-state index contributed by atoms with van der Waals surface area (Å²) in [5.41, 5.74) is 0. The molecule has 0 saturated heterocycles. The van der Waals surface area contributed by atoms with Crippen LogP contribution in [0.1, 0.15) is 39.0 Å². The molecule has 16 heavy (non-hydrogen) atoms. The van der Waals surface area contributed by atoms with Gasteiger partial charge in [0.1, 0.15) is 0 Å². The van der Waals surface area contributed by atoms with Gasteiger partial charge in [-0.15, -0.1) is 0 Å². The van der Waals surface area contributed by atoms with Crippen LogP contribution < -0.4 is 5.32 Å². The summed E-state index contributed by atoms with van der Waals surface area (Å²) in [6.07, 6.45) is 12.2. The van der Waals surface area contributed by atoms with Crippen molar-refractivity contribution >= 4 is 0 Å². The third-order valence-electron chi connectivity index (χ3n) is 5.30. The second kappa shape index (κ2) is 4.52. The van der Waals surface area contributed by atoms with Crippen LogP contribution in [0.25, 0.3) is 0 Å². The fraction of sp³-hybridized carbons (Fsp3) is 0.867. The molecule has 4 rings (SSSR count). The minimum absolute atomic E-state index is 1.01. The Bertz CT molecular complexity index is 241. The Morgan fingerprint density at radius 1 is 1.00 bits per heavy atom. The summed E-state index contributed by atoms with van der Waals surface area (Å²) in [6, 6.07) is 0. The molecule has 0 heterocycles. The zero-order chi connectivity index (χ0) is 11.0. The molecule has 0 aliphatic heterocycles. The van der Waals surface area contributed by atoms with Crippen molar-refractivity contribution < 1.29 is 0 Å². The molecule has 4 saturated carbocycles. The van der Waals surface area contributed by atoms with Crippen LogP contribution in [0, 0.1) is 29.6 Å². The topological polar surface area (TPSA) is 12.0 Å². The fourth-order valence-electron chi connectivity index (χ4n) is 4.82. The Balaban J connectivity index is 1.55. The number of rotatable bonds is 4. The van der Waals surface area contributed by atoms with Gasteiger partial charge in [-0.3, -0.25) is 0 Å². The predicted octanol–water partition coefficient (Wildman–Crippen LogP) is 3.22. The van der Waals surface area contributed by atoms with E-state index < -0.39 is 0 Å². The maximum atomic E-state index is 3.63. The number of allylic oxidation sites excluding steroid dienone is 1. The van der Waals surface area contributed by atoms with Gasteiger partial charge >= 0.3 is 0 Å². The highest BCUT2D eigenvalue weighted by molar-refractivity contribution is 4.98. The molecule has 0 unspecified atom stereocenters. The van der Waals surface area contributed by atoms with Crippen LogP contribution in [0.3, 0.4) is 0 Å². The lowest BCUT2D eigenvalue weighted by molar-refractivity contribution is -0.0351. The molecule has 0 aromatic heterocycles. The monoisotopic (exact) mass is 219 g/mol. The van der Waals surface area contributed by atoms with Crippen molar-refractivity contribution in [2.75, 3.05) is 13.1 Å². The van der Waals surface area contributed by atoms with Crippen LogP contribution in [0.4, 0.5) is 0 Å². The smallest absolute Gasteiger partial charge is 0.0134 e. The normalized spacial score (nSPS) is 45.7. The molecule has 1 nitrogen and oxygen atoms in total. The van der Waals surface area contributed by atoms with E-state index in [1.807, 2.05) is 0 Å². The lowest BCUT2D eigenvalue weighted by Crippen LogP contribution is -2.48. The zero-order valence-corrected chi connectivity index (χ0v) is 10.5. The maximum Gasteiger partial charge on any atom is 0.0134 e. The molecule has 4 aliphatic carbocycles. The van der Waals surface area contributed by atoms with E-state index in [4.69, 9.17) is 0 Å². The third-order valence-corrected chi connectivity index (χ3v) is 5.30. The van der Waals surface area contributed by atoms with Crippen molar-refractivity contribution in [3.8, 4) is 0 Å². The second-order valence-electron chi connectivity index (χ2n) is 6.32. The van der Waals surface area contributed by atoms with E-state index in [-0.39, 0.29) is 0 Å². The molecule has 1 heteroatoms. The van der Waals surface area contributed by atoms with Crippen LogP contribution >= 0.6 is 0 Å². The van der Waals surface area contributed by atoms with Crippen LogP contribution in [0.2, 0.25) is 0 Å². The van der Waals surface area contributed by atoms with Gasteiger partial charge in [0.25, 0.3) is 0 Å². The quantitative estimate of drug-likeness (QED) is 0.565. The number of hydrogen-bond donors (Lipinski definition) is 1. The first-order valence-electron chi connectivity index (χ1n) is 7.18. The van der Waals surface area contributed by atoms with Gasteiger partial charge in [-0.25, -0.2) is 0 Å². The predicted molar refractivity (Wildman–Crippen MR) is 68.2 cm³/mol. The van der Waals surface area contributed by atoms with E-state index in [1.165, 1.54) is 6.54 Å². The van der Waals surface area contributed by atoms with Crippen LogP contribution in [0.5, 0.6) is 0 Å². The third kappa shape index (κ3) is 1.95. The van der Waals surface area contributed by atoms with Gasteiger partial charge < -0.3 is 5.32 Å². The number of nitrogens with one attached hydrogen (secondary N) is 1. The molecule has 1 N–H and O–H groups in total. The van der Waals surface area contributed by atoms with E-state index in [0.717, 1.165) is 36.1 Å². The summed E-state index contributed by atoms with van der Waals surface area (Å²) in [5, 5.41) is 3.63. The average molecular weight is 219 g/mol. The molecular weight excluding hydrogens is 194 g/mol. The SMILES string of the molecule is C/C=C/CNCC1C2CC3CC(C2)CC1C3. The van der Waals surface area contributed by atoms with Crippen molar-refractivity contribution in [2.45, 2.75) is 39.0 Å². The molecule has 4 aliphatic rings. The van der Waals surface area contributed by atoms with Gasteiger partial charge in [-0.2, -0.15) is 0 Å². The average Bonchev–Trinajstić information content (AvgIpc) is 2.26. The van der Waals surface area contributed by atoms with Crippen molar-refractivity contribution in [1.29, 1.82) is 0 Å². The fourth-order valence-corrected chi connectivity index (χ4v) is 4.82. The molecule has 4 bridgehead atoms. The maximum absolute atomic E-state index is 3.63. The summed E-state index contributed by atoms with van der Waals surface area (Å²) >= 11 is 0. The molecule has 0 atom stereocenters. The Morgan fingerprint density at radius 2 is 1.62 bits per heavy atom. The Labute approximate surface area is 99.7 Å². The highest BCUT2D eigenvalue weighted by Gasteiger charge is 2.47. The highest BCUT2D eigenvalue weighted by atomic mass is 14.9. The van der Waals surface area contributed by atoms with Crippen molar-refractivity contribution in [1.82, 2.24) is 5.32 Å². The van der Waals surface area contributed by atoms with Crippen molar-refractivity contribution in [2.24, 2.45) is 29.6 Å². The van der Waals surface area contributed by atoms with E-state index in [1.54, 1.807) is 32.1 Å². The first-order valence-corrected chi connectivity index (χ1v) is 7.18. The Kier molecular flexibility index (Phi) is 3.06. The molecule has 90 valence electrons. The summed E-state index contributed by atoms with van der Waals surface area (Å²) in [5.74, 6) is 5.41.